The van der Waals surface area contributed by atoms with Crippen LogP contribution in [0.15, 0.2) is 0 Å². The highest BCUT2D eigenvalue weighted by Crippen LogP contribution is 2.06. The summed E-state index contributed by atoms with van der Waals surface area (Å²) in [7, 11) is 0. The van der Waals surface area contributed by atoms with Crippen LogP contribution in [0, 0.1) is 0 Å². The molecule has 0 saturated heterocycles. The second-order valence-electron chi connectivity index (χ2n) is 4.86. The van der Waals surface area contributed by atoms with Crippen LogP contribution in [0.2, 0.25) is 0 Å². The molecular formula is C13H26O5. The summed E-state index contributed by atoms with van der Waals surface area (Å²) < 4.78 is 20.7. The van der Waals surface area contributed by atoms with E-state index >= 15 is 0 Å². The van der Waals surface area contributed by atoms with Crippen molar-refractivity contribution in [1.29, 1.82) is 0 Å². The first-order chi connectivity index (χ1) is 8.45. The minimum atomic E-state index is -0.465. The fourth-order valence-electron chi connectivity index (χ4n) is 1.11. The van der Waals surface area contributed by atoms with E-state index in [-0.39, 0.29) is 12.6 Å². The molecule has 0 radical (unpaired) electrons. The van der Waals surface area contributed by atoms with Gasteiger partial charge in [-0.2, -0.15) is 0 Å². The van der Waals surface area contributed by atoms with Gasteiger partial charge < -0.3 is 18.9 Å². The van der Waals surface area contributed by atoms with E-state index < -0.39 is 5.60 Å². The Morgan fingerprint density at radius 3 is 1.89 bits per heavy atom. The van der Waals surface area contributed by atoms with Crippen LogP contribution in [-0.4, -0.2) is 51.2 Å². The van der Waals surface area contributed by atoms with Crippen molar-refractivity contribution in [2.75, 3.05) is 39.6 Å². The van der Waals surface area contributed by atoms with E-state index in [0.29, 0.717) is 26.4 Å². The molecule has 18 heavy (non-hydrogen) atoms. The topological polar surface area (TPSA) is 54.0 Å². The standard InChI is InChI=1S/C13H26O5/c1-5-6-15-7-8-16-9-10-17-11-12(14)18-13(2,3)4/h5-11H2,1-4H3. The van der Waals surface area contributed by atoms with Gasteiger partial charge in [0.2, 0.25) is 0 Å². The molecule has 0 fully saturated rings. The van der Waals surface area contributed by atoms with Crippen molar-refractivity contribution in [2.45, 2.75) is 39.7 Å². The van der Waals surface area contributed by atoms with Gasteiger partial charge in [-0.3, -0.25) is 0 Å². The summed E-state index contributed by atoms with van der Waals surface area (Å²) in [4.78, 5) is 11.3. The van der Waals surface area contributed by atoms with Gasteiger partial charge in [-0.15, -0.1) is 0 Å². The minimum Gasteiger partial charge on any atom is -0.458 e. The molecule has 5 heteroatoms. The van der Waals surface area contributed by atoms with E-state index in [1.54, 1.807) is 0 Å². The Bertz CT molecular complexity index is 210. The number of rotatable bonds is 10. The van der Waals surface area contributed by atoms with Crippen LogP contribution in [0.1, 0.15) is 34.1 Å². The first kappa shape index (κ1) is 17.4. The molecule has 0 aromatic rings. The molecule has 0 heterocycles. The molecule has 0 atom stereocenters. The van der Waals surface area contributed by atoms with Crippen LogP contribution in [0.3, 0.4) is 0 Å². The van der Waals surface area contributed by atoms with Gasteiger partial charge in [0.15, 0.2) is 0 Å². The molecule has 0 bridgehead atoms. The molecule has 0 spiro atoms. The van der Waals surface area contributed by atoms with Crippen LogP contribution < -0.4 is 0 Å². The Labute approximate surface area is 110 Å². The number of carbonyl (C=O) groups excluding carboxylic acids is 1. The summed E-state index contributed by atoms with van der Waals surface area (Å²) in [6.45, 7) is 10.2. The molecule has 0 amide bonds. The molecule has 0 aliphatic rings. The molecule has 0 aliphatic heterocycles. The fraction of sp³-hybridized carbons (Fsp3) is 0.923. The highest BCUT2D eigenvalue weighted by molar-refractivity contribution is 5.71. The zero-order chi connectivity index (χ0) is 13.9. The smallest absolute Gasteiger partial charge is 0.332 e. The van der Waals surface area contributed by atoms with E-state index in [0.717, 1.165) is 13.0 Å². The lowest BCUT2D eigenvalue weighted by Crippen LogP contribution is -2.27. The summed E-state index contributed by atoms with van der Waals surface area (Å²) in [6.07, 6.45) is 1.01. The third-order valence-electron chi connectivity index (χ3n) is 1.73. The van der Waals surface area contributed by atoms with Gasteiger partial charge in [-0.1, -0.05) is 6.92 Å². The summed E-state index contributed by atoms with van der Waals surface area (Å²) in [5, 5.41) is 0. The molecule has 0 aliphatic carbocycles. The minimum absolute atomic E-state index is 0.0348. The average Bonchev–Trinajstić information content (AvgIpc) is 2.24. The maximum absolute atomic E-state index is 11.3. The van der Waals surface area contributed by atoms with Crippen molar-refractivity contribution in [3.8, 4) is 0 Å². The second-order valence-corrected chi connectivity index (χ2v) is 4.86. The zero-order valence-electron chi connectivity index (χ0n) is 12.0. The van der Waals surface area contributed by atoms with Gasteiger partial charge in [0.1, 0.15) is 12.2 Å². The molecule has 108 valence electrons. The maximum atomic E-state index is 11.3. The lowest BCUT2D eigenvalue weighted by molar-refractivity contribution is -0.160. The van der Waals surface area contributed by atoms with Crippen LogP contribution in [-0.2, 0) is 23.7 Å². The lowest BCUT2D eigenvalue weighted by Gasteiger charge is -2.19. The van der Waals surface area contributed by atoms with E-state index in [1.165, 1.54) is 0 Å². The zero-order valence-corrected chi connectivity index (χ0v) is 12.0. The van der Waals surface area contributed by atoms with E-state index in [4.69, 9.17) is 18.9 Å². The first-order valence-electron chi connectivity index (χ1n) is 6.41. The second kappa shape index (κ2) is 10.3. The third-order valence-corrected chi connectivity index (χ3v) is 1.73. The molecular weight excluding hydrogens is 236 g/mol. The largest absolute Gasteiger partial charge is 0.458 e. The van der Waals surface area contributed by atoms with Gasteiger partial charge in [-0.05, 0) is 27.2 Å². The predicted molar refractivity (Wildman–Crippen MR) is 68.6 cm³/mol. The summed E-state index contributed by atoms with van der Waals surface area (Å²) in [5.41, 5.74) is -0.465. The van der Waals surface area contributed by atoms with Crippen molar-refractivity contribution < 1.29 is 23.7 Å². The van der Waals surface area contributed by atoms with Crippen LogP contribution >= 0.6 is 0 Å². The SMILES string of the molecule is CCCOCCOCCOCC(=O)OC(C)(C)C. The Morgan fingerprint density at radius 2 is 1.39 bits per heavy atom. The van der Waals surface area contributed by atoms with Gasteiger partial charge >= 0.3 is 5.97 Å². The van der Waals surface area contributed by atoms with Crippen molar-refractivity contribution in [2.24, 2.45) is 0 Å². The molecule has 0 saturated carbocycles. The normalized spacial score (nSPS) is 11.6. The highest BCUT2D eigenvalue weighted by atomic mass is 16.6. The van der Waals surface area contributed by atoms with Gasteiger partial charge in [0, 0.05) is 6.61 Å². The highest BCUT2D eigenvalue weighted by Gasteiger charge is 2.15. The molecule has 0 aromatic heterocycles. The number of hydrogen-bond donors (Lipinski definition) is 0. The van der Waals surface area contributed by atoms with Gasteiger partial charge in [0.05, 0.1) is 26.4 Å². The predicted octanol–water partition coefficient (Wildman–Crippen LogP) is 1.79. The number of carbonyl (C=O) groups is 1. The Hall–Kier alpha value is -0.650. The summed E-state index contributed by atoms with van der Waals surface area (Å²) in [5.74, 6) is -0.353. The number of ether oxygens (including phenoxy) is 4. The van der Waals surface area contributed by atoms with Crippen molar-refractivity contribution in [3.63, 3.8) is 0 Å². The average molecular weight is 262 g/mol. The quantitative estimate of drug-likeness (QED) is 0.444. The molecule has 0 rings (SSSR count). The lowest BCUT2D eigenvalue weighted by atomic mass is 10.2. The van der Waals surface area contributed by atoms with E-state index in [2.05, 4.69) is 6.92 Å². The summed E-state index contributed by atoms with van der Waals surface area (Å²) in [6, 6.07) is 0. The molecule has 0 aromatic carbocycles. The van der Waals surface area contributed by atoms with Crippen LogP contribution in [0.5, 0.6) is 0 Å². The third kappa shape index (κ3) is 13.4. The Morgan fingerprint density at radius 1 is 0.889 bits per heavy atom. The number of hydrogen-bond acceptors (Lipinski definition) is 5. The van der Waals surface area contributed by atoms with E-state index in [9.17, 15) is 4.79 Å². The Balaban J connectivity index is 3.23. The molecule has 0 unspecified atom stereocenters. The van der Waals surface area contributed by atoms with Crippen molar-refractivity contribution in [3.05, 3.63) is 0 Å². The first-order valence-corrected chi connectivity index (χ1v) is 6.41. The van der Waals surface area contributed by atoms with Gasteiger partial charge in [-0.25, -0.2) is 4.79 Å². The maximum Gasteiger partial charge on any atom is 0.332 e. The van der Waals surface area contributed by atoms with Crippen LogP contribution in [0.25, 0.3) is 0 Å². The summed E-state index contributed by atoms with van der Waals surface area (Å²) >= 11 is 0. The van der Waals surface area contributed by atoms with Crippen LogP contribution in [0.4, 0.5) is 0 Å². The Kier molecular flexibility index (Phi) is 9.92. The van der Waals surface area contributed by atoms with E-state index in [1.807, 2.05) is 20.8 Å². The monoisotopic (exact) mass is 262 g/mol. The van der Waals surface area contributed by atoms with Crippen molar-refractivity contribution in [1.82, 2.24) is 0 Å². The molecule has 5 nitrogen and oxygen atoms in total. The number of esters is 1. The van der Waals surface area contributed by atoms with Crippen molar-refractivity contribution >= 4 is 5.97 Å². The molecule has 0 N–H and O–H groups in total. The fourth-order valence-corrected chi connectivity index (χ4v) is 1.11. The van der Waals surface area contributed by atoms with Gasteiger partial charge in [0.25, 0.3) is 0 Å².